The number of halogens is 1. The smallest absolute Gasteiger partial charge is 0.305 e. The Bertz CT molecular complexity index is 1040. The number of aliphatic hydroxyl groups is 1. The fourth-order valence-electron chi connectivity index (χ4n) is 4.65. The molecule has 0 amide bonds. The Hall–Kier alpha value is -2.18. The molecule has 1 aliphatic carbocycles. The minimum absolute atomic E-state index is 0.216. The summed E-state index contributed by atoms with van der Waals surface area (Å²) in [5.41, 5.74) is 0.942. The van der Waals surface area contributed by atoms with Crippen molar-refractivity contribution < 1.29 is 14.6 Å². The highest BCUT2D eigenvalue weighted by Gasteiger charge is 2.49. The zero-order valence-electron chi connectivity index (χ0n) is 20.9. The molecule has 1 aromatic heterocycles. The van der Waals surface area contributed by atoms with Gasteiger partial charge in [-0.05, 0) is 42.5 Å². The van der Waals surface area contributed by atoms with Crippen molar-refractivity contribution in [2.24, 2.45) is 10.8 Å². The second kappa shape index (κ2) is 11.5. The van der Waals surface area contributed by atoms with Crippen LogP contribution in [0.25, 0.3) is 16.7 Å². The van der Waals surface area contributed by atoms with Crippen LogP contribution in [0.4, 0.5) is 0 Å². The van der Waals surface area contributed by atoms with Gasteiger partial charge < -0.3 is 9.84 Å². The molecule has 0 spiro atoms. The third kappa shape index (κ3) is 6.08. The van der Waals surface area contributed by atoms with Crippen LogP contribution >= 0.6 is 11.6 Å². The summed E-state index contributed by atoms with van der Waals surface area (Å²) in [6, 6.07) is 5.33. The van der Waals surface area contributed by atoms with Gasteiger partial charge in [-0.3, -0.25) is 4.79 Å². The van der Waals surface area contributed by atoms with Crippen LogP contribution < -0.4 is 0 Å². The van der Waals surface area contributed by atoms with E-state index in [1.165, 1.54) is 30.5 Å². The van der Waals surface area contributed by atoms with E-state index < -0.39 is 11.5 Å². The molecule has 0 bridgehead atoms. The lowest BCUT2D eigenvalue weighted by Crippen LogP contribution is -2.47. The maximum atomic E-state index is 12.5. The number of aromatic nitrogens is 3. The van der Waals surface area contributed by atoms with Crippen molar-refractivity contribution in [3.8, 4) is 0 Å². The highest BCUT2D eigenvalue weighted by Crippen LogP contribution is 2.50. The van der Waals surface area contributed by atoms with Gasteiger partial charge in [0.1, 0.15) is 17.1 Å². The molecular formula is C27H38ClN3O3. The normalized spacial score (nSPS) is 20.5. The Kier molecular flexibility index (Phi) is 8.94. The van der Waals surface area contributed by atoms with E-state index in [-0.39, 0.29) is 17.8 Å². The number of benzene rings is 1. The Morgan fingerprint density at radius 2 is 1.85 bits per heavy atom. The Balaban J connectivity index is 1.66. The number of ether oxygens (including phenoxy) is 1. The lowest BCUT2D eigenvalue weighted by Gasteiger charge is -2.47. The fourth-order valence-corrected chi connectivity index (χ4v) is 4.81. The maximum Gasteiger partial charge on any atom is 0.305 e. The van der Waals surface area contributed by atoms with Crippen LogP contribution in [-0.2, 0) is 9.53 Å². The van der Waals surface area contributed by atoms with Crippen molar-refractivity contribution in [2.75, 3.05) is 6.61 Å². The van der Waals surface area contributed by atoms with Crippen molar-refractivity contribution in [3.63, 3.8) is 0 Å². The van der Waals surface area contributed by atoms with Crippen molar-refractivity contribution in [3.05, 3.63) is 41.4 Å². The molecule has 0 radical (unpaired) electrons. The molecule has 0 fully saturated rings. The molecule has 1 aliphatic rings. The average molecular weight is 488 g/mol. The van der Waals surface area contributed by atoms with E-state index in [1.54, 1.807) is 12.1 Å². The predicted molar refractivity (Wildman–Crippen MR) is 137 cm³/mol. The second-order valence-corrected chi connectivity index (χ2v) is 10.7. The van der Waals surface area contributed by atoms with Crippen molar-refractivity contribution in [1.29, 1.82) is 0 Å². The minimum Gasteiger partial charge on any atom is -0.466 e. The number of fused-ring (bicyclic) bond motifs is 1. The quantitative estimate of drug-likeness (QED) is 0.286. The summed E-state index contributed by atoms with van der Waals surface area (Å²) in [4.78, 5) is 14.0. The number of unbranched alkanes of at least 4 members (excludes halogenated alkanes) is 5. The number of rotatable bonds is 11. The number of nitrogens with zero attached hydrogens (tertiary/aromatic N) is 3. The van der Waals surface area contributed by atoms with Crippen LogP contribution in [-0.4, -0.2) is 38.8 Å². The van der Waals surface area contributed by atoms with Gasteiger partial charge in [0.2, 0.25) is 0 Å². The molecule has 0 saturated heterocycles. The number of esters is 1. The Morgan fingerprint density at radius 1 is 1.15 bits per heavy atom. The number of allylic oxidation sites excluding steroid dienone is 2. The summed E-state index contributed by atoms with van der Waals surface area (Å²) < 4.78 is 5.49. The molecule has 1 heterocycles. The fraction of sp³-hybridized carbons (Fsp3) is 0.593. The molecule has 186 valence electrons. The van der Waals surface area contributed by atoms with E-state index in [4.69, 9.17) is 16.3 Å². The number of aliphatic hydroxyl groups excluding tert-OH is 1. The zero-order chi connectivity index (χ0) is 24.8. The van der Waals surface area contributed by atoms with Crippen LogP contribution in [0.1, 0.15) is 79.1 Å². The van der Waals surface area contributed by atoms with Gasteiger partial charge in [-0.15, -0.1) is 10.2 Å². The van der Waals surface area contributed by atoms with E-state index in [9.17, 15) is 9.90 Å². The van der Waals surface area contributed by atoms with Crippen molar-refractivity contribution in [1.82, 2.24) is 15.0 Å². The summed E-state index contributed by atoms with van der Waals surface area (Å²) in [7, 11) is 0. The van der Waals surface area contributed by atoms with Gasteiger partial charge in [0, 0.05) is 16.9 Å². The third-order valence-electron chi connectivity index (χ3n) is 6.90. The lowest BCUT2D eigenvalue weighted by atomic mass is 9.59. The van der Waals surface area contributed by atoms with E-state index in [1.807, 2.05) is 24.3 Å². The number of carbonyl (C=O) groups is 1. The average Bonchev–Trinajstić information content (AvgIpc) is 3.20. The molecule has 2 aromatic rings. The molecule has 6 nitrogen and oxygen atoms in total. The Morgan fingerprint density at radius 3 is 2.59 bits per heavy atom. The maximum absolute atomic E-state index is 12.5. The summed E-state index contributed by atoms with van der Waals surface area (Å²) in [6.45, 7) is 8.91. The van der Waals surface area contributed by atoms with E-state index in [2.05, 4.69) is 37.9 Å². The summed E-state index contributed by atoms with van der Waals surface area (Å²) in [5.74, 6) is -0.216. The predicted octanol–water partition coefficient (Wildman–Crippen LogP) is 6.57. The van der Waals surface area contributed by atoms with E-state index in [0.717, 1.165) is 12.8 Å². The van der Waals surface area contributed by atoms with Gasteiger partial charge in [0.05, 0.1) is 12.3 Å². The molecule has 0 saturated carbocycles. The molecule has 3 rings (SSSR count). The largest absolute Gasteiger partial charge is 0.466 e. The van der Waals surface area contributed by atoms with Crippen molar-refractivity contribution >= 4 is 34.3 Å². The molecule has 1 aromatic carbocycles. The molecule has 2 unspecified atom stereocenters. The molecule has 2 atom stereocenters. The highest BCUT2D eigenvalue weighted by atomic mass is 35.5. The first-order valence-corrected chi connectivity index (χ1v) is 12.8. The molecule has 0 aliphatic heterocycles. The summed E-state index contributed by atoms with van der Waals surface area (Å²) in [6.07, 6.45) is 12.5. The van der Waals surface area contributed by atoms with Gasteiger partial charge in [0.25, 0.3) is 0 Å². The van der Waals surface area contributed by atoms with Crippen LogP contribution in [0.3, 0.4) is 0 Å². The number of hydrogen-bond donors (Lipinski definition) is 1. The third-order valence-corrected chi connectivity index (χ3v) is 7.14. The minimum atomic E-state index is -0.888. The van der Waals surface area contributed by atoms with Gasteiger partial charge in [-0.25, -0.2) is 0 Å². The first kappa shape index (κ1) is 26.4. The molecular weight excluding hydrogens is 450 g/mol. The van der Waals surface area contributed by atoms with Crippen LogP contribution in [0.5, 0.6) is 0 Å². The first-order chi connectivity index (χ1) is 16.2. The molecule has 7 heteroatoms. The molecule has 1 N–H and O–H groups in total. The topological polar surface area (TPSA) is 77.2 Å². The second-order valence-electron chi connectivity index (χ2n) is 10.3. The van der Waals surface area contributed by atoms with Gasteiger partial charge in [-0.2, -0.15) is 4.80 Å². The molecule has 34 heavy (non-hydrogen) atoms. The lowest BCUT2D eigenvalue weighted by molar-refractivity contribution is -0.145. The van der Waals surface area contributed by atoms with Gasteiger partial charge in [0.15, 0.2) is 0 Å². The standard InChI is InChI=1S/C27H38ClN3O3/c1-5-6-7-8-9-10-18-34-24(32)15-17-27(26(2,3)4)16-11-12-23(25(27)33)31-29-21-14-13-20(28)19-22(21)30-31/h11-14,16,19,25,33H,5-10,15,17-18H2,1-4H3. The van der Waals surface area contributed by atoms with E-state index >= 15 is 0 Å². The monoisotopic (exact) mass is 487 g/mol. The highest BCUT2D eigenvalue weighted by molar-refractivity contribution is 6.31. The summed E-state index contributed by atoms with van der Waals surface area (Å²) >= 11 is 6.10. The van der Waals surface area contributed by atoms with Gasteiger partial charge >= 0.3 is 5.97 Å². The van der Waals surface area contributed by atoms with Gasteiger partial charge in [-0.1, -0.05) is 83.6 Å². The first-order valence-electron chi connectivity index (χ1n) is 12.4. The SMILES string of the molecule is CCCCCCCCOC(=O)CCC1(C(C)(C)C)C=CC=C(n2nc3ccc(Cl)cc3n2)C1O. The summed E-state index contributed by atoms with van der Waals surface area (Å²) in [5, 5.41) is 21.2. The van der Waals surface area contributed by atoms with E-state index in [0.29, 0.717) is 34.8 Å². The van der Waals surface area contributed by atoms with Crippen LogP contribution in [0.15, 0.2) is 36.4 Å². The Labute approximate surface area is 208 Å². The number of hydrogen-bond acceptors (Lipinski definition) is 5. The zero-order valence-corrected chi connectivity index (χ0v) is 21.6. The van der Waals surface area contributed by atoms with Crippen LogP contribution in [0.2, 0.25) is 5.02 Å². The van der Waals surface area contributed by atoms with Crippen molar-refractivity contribution in [2.45, 2.75) is 85.2 Å². The number of carbonyl (C=O) groups excluding carboxylic acids is 1. The van der Waals surface area contributed by atoms with Crippen LogP contribution in [0, 0.1) is 10.8 Å².